The fourth-order valence-electron chi connectivity index (χ4n) is 3.23. The number of allylic oxidation sites excluding steroid dienone is 5. The first kappa shape index (κ1) is 21.6. The third-order valence-electron chi connectivity index (χ3n) is 4.71. The van der Waals surface area contributed by atoms with Gasteiger partial charge in [-0.3, -0.25) is 4.79 Å². The first-order valence-corrected chi connectivity index (χ1v) is 9.20. The van der Waals surface area contributed by atoms with Crippen LogP contribution in [0, 0.1) is 11.8 Å². The van der Waals surface area contributed by atoms with E-state index in [4.69, 9.17) is 5.11 Å². The quantitative estimate of drug-likeness (QED) is 0.339. The summed E-state index contributed by atoms with van der Waals surface area (Å²) in [6.45, 7) is 1.90. The van der Waals surface area contributed by atoms with Crippen molar-refractivity contribution in [3.63, 3.8) is 0 Å². The van der Waals surface area contributed by atoms with Crippen LogP contribution in [0.25, 0.3) is 0 Å². The van der Waals surface area contributed by atoms with Crippen molar-refractivity contribution < 1.29 is 25.2 Å². The Kier molecular flexibility index (Phi) is 10.4. The number of aliphatic carboxylic acids is 1. The average molecular weight is 352 g/mol. The van der Waals surface area contributed by atoms with E-state index in [0.717, 1.165) is 19.3 Å². The van der Waals surface area contributed by atoms with Gasteiger partial charge in [-0.2, -0.15) is 0 Å². The smallest absolute Gasteiger partial charge is 0.303 e. The number of rotatable bonds is 11. The van der Waals surface area contributed by atoms with E-state index < -0.39 is 24.3 Å². The molecule has 0 amide bonds. The maximum Gasteiger partial charge on any atom is 0.303 e. The topological polar surface area (TPSA) is 98.0 Å². The standard InChI is InChI=1S/C20H32O5/c1-2-17(21)16-14-18(22)20(25)15(16)12-10-8-6-4-3-5-7-9-11-13-19(23)24/h4-7,10,12,15-18,20-22,25H,2-3,8-9,11,13-14H2,1H3,(H,23,24)/b6-4-,7-5-,12-10-/t15-,16+,17-,18+,20+/m0/s1. The van der Waals surface area contributed by atoms with Crippen LogP contribution in [0.2, 0.25) is 0 Å². The second-order valence-corrected chi connectivity index (χ2v) is 6.64. The zero-order chi connectivity index (χ0) is 18.7. The third kappa shape index (κ3) is 7.99. The van der Waals surface area contributed by atoms with Crippen LogP contribution in [-0.4, -0.2) is 44.7 Å². The third-order valence-corrected chi connectivity index (χ3v) is 4.71. The fraction of sp³-hybridized carbons (Fsp3) is 0.650. The molecule has 0 heterocycles. The molecule has 5 atom stereocenters. The average Bonchev–Trinajstić information content (AvgIpc) is 2.86. The van der Waals surface area contributed by atoms with Crippen molar-refractivity contribution in [2.75, 3.05) is 0 Å². The minimum Gasteiger partial charge on any atom is -0.481 e. The number of carboxylic acids is 1. The van der Waals surface area contributed by atoms with Gasteiger partial charge in [-0.15, -0.1) is 0 Å². The van der Waals surface area contributed by atoms with Gasteiger partial charge in [0.1, 0.15) is 0 Å². The van der Waals surface area contributed by atoms with Crippen molar-refractivity contribution in [2.45, 2.75) is 70.2 Å². The highest BCUT2D eigenvalue weighted by atomic mass is 16.4. The molecule has 0 aromatic rings. The molecule has 5 heteroatoms. The first-order valence-electron chi connectivity index (χ1n) is 9.20. The molecule has 0 radical (unpaired) electrons. The van der Waals surface area contributed by atoms with Crippen LogP contribution in [0.4, 0.5) is 0 Å². The van der Waals surface area contributed by atoms with E-state index in [2.05, 4.69) is 0 Å². The lowest BCUT2D eigenvalue weighted by molar-refractivity contribution is -0.137. The lowest BCUT2D eigenvalue weighted by Gasteiger charge is -2.22. The monoisotopic (exact) mass is 352 g/mol. The molecule has 0 bridgehead atoms. The maximum atomic E-state index is 10.4. The van der Waals surface area contributed by atoms with E-state index in [1.165, 1.54) is 0 Å². The molecule has 25 heavy (non-hydrogen) atoms. The zero-order valence-corrected chi connectivity index (χ0v) is 15.0. The Morgan fingerprint density at radius 2 is 1.76 bits per heavy atom. The predicted molar refractivity (Wildman–Crippen MR) is 98.0 cm³/mol. The number of carbonyl (C=O) groups is 1. The van der Waals surface area contributed by atoms with Crippen molar-refractivity contribution in [1.29, 1.82) is 0 Å². The van der Waals surface area contributed by atoms with Gasteiger partial charge in [0, 0.05) is 12.3 Å². The minimum absolute atomic E-state index is 0.0936. The largest absolute Gasteiger partial charge is 0.481 e. The van der Waals surface area contributed by atoms with Gasteiger partial charge in [0.15, 0.2) is 0 Å². The first-order chi connectivity index (χ1) is 12.0. The molecule has 0 aromatic carbocycles. The molecule has 5 nitrogen and oxygen atoms in total. The second-order valence-electron chi connectivity index (χ2n) is 6.64. The summed E-state index contributed by atoms with van der Waals surface area (Å²) < 4.78 is 0. The summed E-state index contributed by atoms with van der Waals surface area (Å²) in [4.78, 5) is 10.4. The van der Waals surface area contributed by atoms with Gasteiger partial charge < -0.3 is 20.4 Å². The molecule has 4 N–H and O–H groups in total. The molecule has 1 rings (SSSR count). The van der Waals surface area contributed by atoms with Crippen LogP contribution >= 0.6 is 0 Å². The van der Waals surface area contributed by atoms with E-state index in [0.29, 0.717) is 19.3 Å². The molecule has 0 aromatic heterocycles. The maximum absolute atomic E-state index is 10.4. The Bertz CT molecular complexity index is 469. The van der Waals surface area contributed by atoms with Gasteiger partial charge in [-0.25, -0.2) is 0 Å². The van der Waals surface area contributed by atoms with E-state index in [9.17, 15) is 20.1 Å². The highest BCUT2D eigenvalue weighted by Crippen LogP contribution is 2.36. The summed E-state index contributed by atoms with van der Waals surface area (Å²) in [5, 5.41) is 38.5. The summed E-state index contributed by atoms with van der Waals surface area (Å²) in [5.74, 6) is -1.05. The summed E-state index contributed by atoms with van der Waals surface area (Å²) in [5.41, 5.74) is 0. The van der Waals surface area contributed by atoms with Gasteiger partial charge in [-0.1, -0.05) is 43.4 Å². The molecular weight excluding hydrogens is 320 g/mol. The summed E-state index contributed by atoms with van der Waals surface area (Å²) in [6, 6.07) is 0. The summed E-state index contributed by atoms with van der Waals surface area (Å²) in [6.07, 6.45) is 14.2. The highest BCUT2D eigenvalue weighted by molar-refractivity contribution is 5.66. The van der Waals surface area contributed by atoms with Crippen molar-refractivity contribution in [1.82, 2.24) is 0 Å². The van der Waals surface area contributed by atoms with E-state index in [1.807, 2.05) is 43.4 Å². The Balaban J connectivity index is 2.29. The van der Waals surface area contributed by atoms with Crippen molar-refractivity contribution in [2.24, 2.45) is 11.8 Å². The van der Waals surface area contributed by atoms with Gasteiger partial charge in [0.25, 0.3) is 0 Å². The molecule has 1 saturated carbocycles. The number of hydrogen-bond acceptors (Lipinski definition) is 4. The van der Waals surface area contributed by atoms with Crippen LogP contribution in [-0.2, 0) is 4.79 Å². The Morgan fingerprint density at radius 3 is 2.40 bits per heavy atom. The number of carboxylic acid groups (broad SMARTS) is 1. The molecule has 0 saturated heterocycles. The predicted octanol–water partition coefficient (Wildman–Crippen LogP) is 2.82. The molecule has 0 spiro atoms. The van der Waals surface area contributed by atoms with Crippen LogP contribution in [0.5, 0.6) is 0 Å². The van der Waals surface area contributed by atoms with Crippen LogP contribution in [0.1, 0.15) is 51.9 Å². The Labute approximate surface area is 150 Å². The molecular formula is C20H32O5. The van der Waals surface area contributed by atoms with Crippen LogP contribution in [0.15, 0.2) is 36.5 Å². The van der Waals surface area contributed by atoms with Crippen LogP contribution in [0.3, 0.4) is 0 Å². The normalized spacial score (nSPS) is 28.5. The van der Waals surface area contributed by atoms with E-state index >= 15 is 0 Å². The lowest BCUT2D eigenvalue weighted by atomic mass is 9.88. The van der Waals surface area contributed by atoms with Gasteiger partial charge in [0.2, 0.25) is 0 Å². The van der Waals surface area contributed by atoms with Gasteiger partial charge >= 0.3 is 5.97 Å². The SMILES string of the molecule is CC[C@H](O)[C@@H]1C[C@@H](O)[C@H](O)[C@H]1/C=C\C/C=C\C/C=C\CCCC(=O)O. The van der Waals surface area contributed by atoms with Gasteiger partial charge in [-0.05, 0) is 44.4 Å². The van der Waals surface area contributed by atoms with Crippen LogP contribution < -0.4 is 0 Å². The van der Waals surface area contributed by atoms with Crippen molar-refractivity contribution >= 4 is 5.97 Å². The lowest BCUT2D eigenvalue weighted by Crippen LogP contribution is -2.28. The summed E-state index contributed by atoms with van der Waals surface area (Å²) >= 11 is 0. The number of hydrogen-bond donors (Lipinski definition) is 4. The molecule has 1 fully saturated rings. The van der Waals surface area contributed by atoms with E-state index in [1.54, 1.807) is 0 Å². The highest BCUT2D eigenvalue weighted by Gasteiger charge is 2.42. The molecule has 142 valence electrons. The fourth-order valence-corrected chi connectivity index (χ4v) is 3.23. The number of aliphatic hydroxyl groups excluding tert-OH is 3. The number of unbranched alkanes of at least 4 members (excludes halogenated alkanes) is 1. The number of aliphatic hydroxyl groups is 3. The Morgan fingerprint density at radius 1 is 1.12 bits per heavy atom. The van der Waals surface area contributed by atoms with Gasteiger partial charge in [0.05, 0.1) is 18.3 Å². The molecule has 0 aliphatic heterocycles. The zero-order valence-electron chi connectivity index (χ0n) is 15.0. The summed E-state index contributed by atoms with van der Waals surface area (Å²) in [7, 11) is 0. The Hall–Kier alpha value is -1.43. The minimum atomic E-state index is -0.805. The molecule has 1 aliphatic rings. The molecule has 1 aliphatic carbocycles. The molecule has 0 unspecified atom stereocenters. The second kappa shape index (κ2) is 12.0. The van der Waals surface area contributed by atoms with E-state index in [-0.39, 0.29) is 18.3 Å². The van der Waals surface area contributed by atoms with Crippen molar-refractivity contribution in [3.05, 3.63) is 36.5 Å². The van der Waals surface area contributed by atoms with Crippen molar-refractivity contribution in [3.8, 4) is 0 Å².